The molecule has 2 aliphatic rings. The van der Waals surface area contributed by atoms with Crippen molar-refractivity contribution in [2.45, 2.75) is 38.3 Å². The summed E-state index contributed by atoms with van der Waals surface area (Å²) in [6, 6.07) is 11.2. The number of hydrogen-bond acceptors (Lipinski definition) is 6. The van der Waals surface area contributed by atoms with Gasteiger partial charge in [-0.1, -0.05) is 12.8 Å². The highest BCUT2D eigenvalue weighted by molar-refractivity contribution is 5.83. The molecule has 0 bridgehead atoms. The summed E-state index contributed by atoms with van der Waals surface area (Å²) in [5.74, 6) is 2.22. The van der Waals surface area contributed by atoms with Gasteiger partial charge in [0.1, 0.15) is 35.8 Å². The molecule has 1 aliphatic heterocycles. The van der Waals surface area contributed by atoms with Crippen LogP contribution in [0, 0.1) is 0 Å². The molecule has 0 spiro atoms. The molecular formula is C23H23NO5. The maximum atomic E-state index is 13.0. The molecule has 150 valence electrons. The highest BCUT2D eigenvalue weighted by Crippen LogP contribution is 2.35. The van der Waals surface area contributed by atoms with E-state index >= 15 is 0 Å². The van der Waals surface area contributed by atoms with Crippen molar-refractivity contribution in [1.29, 1.82) is 0 Å². The lowest BCUT2D eigenvalue weighted by Gasteiger charge is -2.33. The maximum Gasteiger partial charge on any atom is 0.235 e. The minimum absolute atomic E-state index is 0.159. The summed E-state index contributed by atoms with van der Waals surface area (Å²) >= 11 is 0. The number of fused-ring (bicyclic) bond motifs is 3. The molecule has 0 N–H and O–H groups in total. The van der Waals surface area contributed by atoms with Gasteiger partial charge in [0.05, 0.1) is 18.1 Å². The lowest BCUT2D eigenvalue weighted by Crippen LogP contribution is -2.39. The molecule has 2 aromatic carbocycles. The van der Waals surface area contributed by atoms with Gasteiger partial charge in [-0.05, 0) is 49.2 Å². The zero-order chi connectivity index (χ0) is 19.8. The zero-order valence-electron chi connectivity index (χ0n) is 16.3. The van der Waals surface area contributed by atoms with Crippen LogP contribution in [-0.2, 0) is 6.54 Å². The molecule has 29 heavy (non-hydrogen) atoms. The Bertz CT molecular complexity index is 1080. The van der Waals surface area contributed by atoms with E-state index in [9.17, 15) is 4.79 Å². The Morgan fingerprint density at radius 3 is 2.55 bits per heavy atom. The van der Waals surface area contributed by atoms with Crippen molar-refractivity contribution >= 4 is 11.0 Å². The van der Waals surface area contributed by atoms with Gasteiger partial charge in [0.2, 0.25) is 11.2 Å². The van der Waals surface area contributed by atoms with E-state index in [2.05, 4.69) is 4.90 Å². The first kappa shape index (κ1) is 18.1. The highest BCUT2D eigenvalue weighted by atomic mass is 16.5. The Balaban J connectivity index is 1.47. The van der Waals surface area contributed by atoms with Crippen LogP contribution in [0.2, 0.25) is 0 Å². The van der Waals surface area contributed by atoms with Crippen LogP contribution in [0.5, 0.6) is 23.0 Å². The predicted octanol–water partition coefficient (Wildman–Crippen LogP) is 4.69. The van der Waals surface area contributed by atoms with Crippen LogP contribution in [0.1, 0.15) is 31.2 Å². The standard InChI is InChI=1S/C23H23NO5/c1-26-16-6-8-17(9-7-16)29-21-13-27-23-18(22(21)25)10-11-20-19(23)12-24(14-28-20)15-4-2-3-5-15/h6-11,13,15H,2-5,12,14H2,1H3. The molecule has 1 aromatic heterocycles. The third-order valence-electron chi connectivity index (χ3n) is 5.85. The molecule has 2 heterocycles. The van der Waals surface area contributed by atoms with Crippen LogP contribution < -0.4 is 19.6 Å². The summed E-state index contributed by atoms with van der Waals surface area (Å²) in [7, 11) is 1.60. The fraction of sp³-hybridized carbons (Fsp3) is 0.348. The first-order valence-electron chi connectivity index (χ1n) is 9.99. The van der Waals surface area contributed by atoms with E-state index in [1.807, 2.05) is 6.07 Å². The van der Waals surface area contributed by atoms with Gasteiger partial charge in [-0.2, -0.15) is 0 Å². The molecule has 6 nitrogen and oxygen atoms in total. The number of benzene rings is 2. The Labute approximate surface area is 168 Å². The van der Waals surface area contributed by atoms with E-state index < -0.39 is 0 Å². The largest absolute Gasteiger partial charge is 0.497 e. The van der Waals surface area contributed by atoms with Crippen LogP contribution in [0.15, 0.2) is 51.9 Å². The second kappa shape index (κ2) is 7.44. The van der Waals surface area contributed by atoms with Crippen molar-refractivity contribution in [3.63, 3.8) is 0 Å². The smallest absolute Gasteiger partial charge is 0.235 e. The van der Waals surface area contributed by atoms with E-state index in [4.69, 9.17) is 18.6 Å². The molecule has 0 radical (unpaired) electrons. The average Bonchev–Trinajstić information content (AvgIpc) is 3.30. The van der Waals surface area contributed by atoms with Gasteiger partial charge in [0, 0.05) is 12.6 Å². The molecule has 6 heteroatoms. The van der Waals surface area contributed by atoms with E-state index in [0.29, 0.717) is 29.5 Å². The third-order valence-corrected chi connectivity index (χ3v) is 5.85. The SMILES string of the molecule is COc1ccc(Oc2coc3c4c(ccc3c2=O)OCN(C2CCCC2)C4)cc1. The normalized spacial score (nSPS) is 17.1. The van der Waals surface area contributed by atoms with Gasteiger partial charge >= 0.3 is 0 Å². The van der Waals surface area contributed by atoms with Gasteiger partial charge < -0.3 is 18.6 Å². The van der Waals surface area contributed by atoms with Crippen molar-refractivity contribution in [3.05, 3.63) is 58.4 Å². The average molecular weight is 393 g/mol. The molecule has 1 fully saturated rings. The molecule has 1 aliphatic carbocycles. The predicted molar refractivity (Wildman–Crippen MR) is 109 cm³/mol. The summed E-state index contributed by atoms with van der Waals surface area (Å²) in [6.07, 6.45) is 6.33. The molecule has 3 aromatic rings. The summed E-state index contributed by atoms with van der Waals surface area (Å²) in [5.41, 5.74) is 1.33. The Hall–Kier alpha value is -2.99. The summed E-state index contributed by atoms with van der Waals surface area (Å²) < 4.78 is 22.8. The van der Waals surface area contributed by atoms with Crippen LogP contribution >= 0.6 is 0 Å². The summed E-state index contributed by atoms with van der Waals surface area (Å²) in [6.45, 7) is 1.32. The Morgan fingerprint density at radius 2 is 1.79 bits per heavy atom. The van der Waals surface area contributed by atoms with Crippen LogP contribution in [-0.4, -0.2) is 24.8 Å². The Morgan fingerprint density at radius 1 is 1.03 bits per heavy atom. The maximum absolute atomic E-state index is 13.0. The van der Waals surface area contributed by atoms with E-state index in [1.54, 1.807) is 37.4 Å². The van der Waals surface area contributed by atoms with Gasteiger partial charge in [-0.15, -0.1) is 0 Å². The van der Waals surface area contributed by atoms with Gasteiger partial charge in [0.15, 0.2) is 0 Å². The lowest BCUT2D eigenvalue weighted by atomic mass is 10.1. The van der Waals surface area contributed by atoms with Crippen molar-refractivity contribution in [1.82, 2.24) is 4.90 Å². The molecule has 0 saturated heterocycles. The van der Waals surface area contributed by atoms with Crippen LogP contribution in [0.4, 0.5) is 0 Å². The topological polar surface area (TPSA) is 61.1 Å². The molecular weight excluding hydrogens is 370 g/mol. The Kier molecular flexibility index (Phi) is 4.64. The number of nitrogens with zero attached hydrogens (tertiary/aromatic N) is 1. The summed E-state index contributed by atoms with van der Waals surface area (Å²) in [4.78, 5) is 15.4. The third kappa shape index (κ3) is 3.34. The van der Waals surface area contributed by atoms with Crippen molar-refractivity contribution in [2.24, 2.45) is 0 Å². The number of ether oxygens (including phenoxy) is 3. The van der Waals surface area contributed by atoms with Crippen molar-refractivity contribution in [3.8, 4) is 23.0 Å². The van der Waals surface area contributed by atoms with Gasteiger partial charge in [0.25, 0.3) is 0 Å². The molecule has 5 rings (SSSR count). The van der Waals surface area contributed by atoms with Crippen molar-refractivity contribution in [2.75, 3.05) is 13.8 Å². The lowest BCUT2D eigenvalue weighted by molar-refractivity contribution is 0.0581. The zero-order valence-corrected chi connectivity index (χ0v) is 16.3. The molecule has 0 unspecified atom stereocenters. The number of rotatable bonds is 4. The second-order valence-electron chi connectivity index (χ2n) is 7.58. The highest BCUT2D eigenvalue weighted by Gasteiger charge is 2.29. The summed E-state index contributed by atoms with van der Waals surface area (Å²) in [5, 5.41) is 0.506. The van der Waals surface area contributed by atoms with Crippen LogP contribution in [0.3, 0.4) is 0 Å². The fourth-order valence-electron chi connectivity index (χ4n) is 4.25. The first-order valence-corrected chi connectivity index (χ1v) is 9.99. The number of methoxy groups -OCH3 is 1. The molecule has 0 amide bonds. The quantitative estimate of drug-likeness (QED) is 0.641. The van der Waals surface area contributed by atoms with Gasteiger partial charge in [-0.25, -0.2) is 0 Å². The van der Waals surface area contributed by atoms with Crippen molar-refractivity contribution < 1.29 is 18.6 Å². The minimum Gasteiger partial charge on any atom is -0.497 e. The molecule has 0 atom stereocenters. The minimum atomic E-state index is -0.192. The number of hydrogen-bond donors (Lipinski definition) is 0. The van der Waals surface area contributed by atoms with Gasteiger partial charge in [-0.3, -0.25) is 9.69 Å². The molecule has 1 saturated carbocycles. The first-order chi connectivity index (χ1) is 14.2. The fourth-order valence-corrected chi connectivity index (χ4v) is 4.25. The monoisotopic (exact) mass is 393 g/mol. The van der Waals surface area contributed by atoms with Crippen LogP contribution in [0.25, 0.3) is 11.0 Å². The van der Waals surface area contributed by atoms with E-state index in [-0.39, 0.29) is 11.2 Å². The van der Waals surface area contributed by atoms with E-state index in [0.717, 1.165) is 23.6 Å². The van der Waals surface area contributed by atoms with E-state index in [1.165, 1.54) is 31.9 Å². The second-order valence-corrected chi connectivity index (χ2v) is 7.58.